The standard InChI is InChI=1S/C16H13FN2O2S/c17-11-5-1-2-7-13(11)22(20)14-8-19-15(18)9-21-12-6-3-4-10(14)16(12)19/h1-8,15H,9,18H2. The van der Waals surface area contributed by atoms with Crippen molar-refractivity contribution in [2.24, 2.45) is 5.73 Å². The molecule has 2 N–H and O–H groups in total. The Kier molecular flexibility index (Phi) is 3.02. The van der Waals surface area contributed by atoms with Gasteiger partial charge >= 0.3 is 0 Å². The summed E-state index contributed by atoms with van der Waals surface area (Å²) >= 11 is 0. The van der Waals surface area contributed by atoms with E-state index in [1.807, 2.05) is 22.8 Å². The molecule has 4 rings (SSSR count). The molecule has 22 heavy (non-hydrogen) atoms. The predicted molar refractivity (Wildman–Crippen MR) is 81.7 cm³/mol. The number of rotatable bonds is 2. The van der Waals surface area contributed by atoms with Crippen LogP contribution in [-0.2, 0) is 10.8 Å². The lowest BCUT2D eigenvalue weighted by atomic mass is 10.2. The fraction of sp³-hybridized carbons (Fsp3) is 0.125. The molecule has 2 heterocycles. The minimum Gasteiger partial charge on any atom is -0.488 e. The number of hydrogen-bond acceptors (Lipinski definition) is 3. The lowest BCUT2D eigenvalue weighted by Gasteiger charge is -2.22. The maximum atomic E-state index is 13.9. The van der Waals surface area contributed by atoms with Crippen LogP contribution in [-0.4, -0.2) is 15.4 Å². The number of nitrogens with two attached hydrogens (primary N) is 1. The van der Waals surface area contributed by atoms with E-state index in [0.717, 1.165) is 10.9 Å². The summed E-state index contributed by atoms with van der Waals surface area (Å²) in [5.74, 6) is 0.226. The smallest absolute Gasteiger partial charge is 0.143 e. The fourth-order valence-electron chi connectivity index (χ4n) is 2.74. The highest BCUT2D eigenvalue weighted by Crippen LogP contribution is 2.37. The number of nitrogens with zero attached hydrogens (tertiary/aromatic N) is 1. The van der Waals surface area contributed by atoms with Crippen LogP contribution in [0.25, 0.3) is 10.9 Å². The zero-order chi connectivity index (χ0) is 15.3. The molecule has 1 aromatic heterocycles. The van der Waals surface area contributed by atoms with Crippen molar-refractivity contribution in [3.8, 4) is 5.75 Å². The molecule has 0 saturated heterocycles. The molecule has 0 aliphatic carbocycles. The van der Waals surface area contributed by atoms with Gasteiger partial charge in [0.25, 0.3) is 0 Å². The summed E-state index contributed by atoms with van der Waals surface area (Å²) in [6.07, 6.45) is 1.40. The average Bonchev–Trinajstić information content (AvgIpc) is 2.92. The van der Waals surface area contributed by atoms with Crippen molar-refractivity contribution in [2.45, 2.75) is 16.0 Å². The molecular weight excluding hydrogens is 303 g/mol. The molecule has 0 radical (unpaired) electrons. The van der Waals surface area contributed by atoms with Gasteiger partial charge < -0.3 is 15.0 Å². The first kappa shape index (κ1) is 13.5. The normalized spacial score (nSPS) is 18.2. The first-order valence-corrected chi connectivity index (χ1v) is 8.00. The summed E-state index contributed by atoms with van der Waals surface area (Å²) in [7, 11) is -1.62. The predicted octanol–water partition coefficient (Wildman–Crippen LogP) is 2.80. The zero-order valence-electron chi connectivity index (χ0n) is 11.5. The Hall–Kier alpha value is -2.18. The van der Waals surface area contributed by atoms with Crippen molar-refractivity contribution < 1.29 is 13.3 Å². The van der Waals surface area contributed by atoms with Gasteiger partial charge in [0.05, 0.1) is 26.1 Å². The van der Waals surface area contributed by atoms with Crippen LogP contribution in [0.15, 0.2) is 58.5 Å². The minimum atomic E-state index is -1.62. The van der Waals surface area contributed by atoms with Gasteiger partial charge in [0.2, 0.25) is 0 Å². The molecule has 4 nitrogen and oxygen atoms in total. The molecule has 2 unspecified atom stereocenters. The quantitative estimate of drug-likeness (QED) is 0.791. The van der Waals surface area contributed by atoms with Crippen LogP contribution in [0.2, 0.25) is 0 Å². The molecule has 0 spiro atoms. The number of para-hydroxylation sites is 1. The summed E-state index contributed by atoms with van der Waals surface area (Å²) < 4.78 is 34.2. The van der Waals surface area contributed by atoms with Gasteiger partial charge in [-0.25, -0.2) is 8.60 Å². The third-order valence-electron chi connectivity index (χ3n) is 3.78. The molecule has 0 saturated carbocycles. The Morgan fingerprint density at radius 1 is 1.18 bits per heavy atom. The molecular formula is C16H13FN2O2S. The van der Waals surface area contributed by atoms with Crippen LogP contribution in [0.3, 0.4) is 0 Å². The molecule has 0 bridgehead atoms. The summed E-state index contributed by atoms with van der Waals surface area (Å²) in [6, 6.07) is 11.6. The molecule has 3 aromatic rings. The van der Waals surface area contributed by atoms with Gasteiger partial charge in [0, 0.05) is 11.6 Å². The molecule has 0 amide bonds. The highest BCUT2D eigenvalue weighted by molar-refractivity contribution is 7.85. The Bertz CT molecular complexity index is 906. The second-order valence-corrected chi connectivity index (χ2v) is 6.55. The number of aromatic nitrogens is 1. The molecule has 0 fully saturated rings. The third kappa shape index (κ3) is 1.88. The van der Waals surface area contributed by atoms with Gasteiger partial charge in [0.15, 0.2) is 0 Å². The summed E-state index contributed by atoms with van der Waals surface area (Å²) in [4.78, 5) is 0.712. The van der Waals surface area contributed by atoms with Gasteiger partial charge in [-0.3, -0.25) is 0 Å². The SMILES string of the molecule is NC1COc2cccc3c(S(=O)c4ccccc4F)cn1c23. The van der Waals surface area contributed by atoms with Crippen molar-refractivity contribution in [1.82, 2.24) is 4.57 Å². The third-order valence-corrected chi connectivity index (χ3v) is 5.24. The van der Waals surface area contributed by atoms with E-state index in [9.17, 15) is 8.60 Å². The largest absolute Gasteiger partial charge is 0.488 e. The van der Waals surface area contributed by atoms with E-state index in [2.05, 4.69) is 0 Å². The van der Waals surface area contributed by atoms with Crippen LogP contribution in [0.4, 0.5) is 4.39 Å². The fourth-order valence-corrected chi connectivity index (χ4v) is 4.00. The van der Waals surface area contributed by atoms with Crippen molar-refractivity contribution in [3.63, 3.8) is 0 Å². The lowest BCUT2D eigenvalue weighted by Crippen LogP contribution is -2.28. The van der Waals surface area contributed by atoms with Gasteiger partial charge in [-0.15, -0.1) is 0 Å². The summed E-state index contributed by atoms with van der Waals surface area (Å²) in [5.41, 5.74) is 6.86. The second-order valence-electron chi connectivity index (χ2n) is 5.13. The van der Waals surface area contributed by atoms with Gasteiger partial charge in [0.1, 0.15) is 24.3 Å². The highest BCUT2D eigenvalue weighted by Gasteiger charge is 2.25. The summed E-state index contributed by atoms with van der Waals surface area (Å²) in [6.45, 7) is 0.354. The maximum Gasteiger partial charge on any atom is 0.143 e. The topological polar surface area (TPSA) is 57.2 Å². The van der Waals surface area contributed by atoms with E-state index in [4.69, 9.17) is 10.5 Å². The van der Waals surface area contributed by atoms with Crippen LogP contribution < -0.4 is 10.5 Å². The number of halogens is 1. The van der Waals surface area contributed by atoms with E-state index in [0.29, 0.717) is 17.3 Å². The highest BCUT2D eigenvalue weighted by atomic mass is 32.2. The molecule has 2 aromatic carbocycles. The Balaban J connectivity index is 1.96. The van der Waals surface area contributed by atoms with Crippen LogP contribution in [0.5, 0.6) is 5.75 Å². The Morgan fingerprint density at radius 2 is 2.00 bits per heavy atom. The summed E-state index contributed by atoms with van der Waals surface area (Å²) in [5, 5.41) is 0.772. The molecule has 112 valence electrons. The minimum absolute atomic E-state index is 0.167. The zero-order valence-corrected chi connectivity index (χ0v) is 12.3. The molecule has 2 atom stereocenters. The van der Waals surface area contributed by atoms with E-state index >= 15 is 0 Å². The maximum absolute atomic E-state index is 13.9. The monoisotopic (exact) mass is 316 g/mol. The lowest BCUT2D eigenvalue weighted by molar-refractivity contribution is 0.241. The number of ether oxygens (including phenoxy) is 1. The second kappa shape index (κ2) is 4.93. The van der Waals surface area contributed by atoms with Crippen molar-refractivity contribution in [1.29, 1.82) is 0 Å². The molecule has 1 aliphatic heterocycles. The van der Waals surface area contributed by atoms with E-state index < -0.39 is 16.6 Å². The van der Waals surface area contributed by atoms with Crippen molar-refractivity contribution in [2.75, 3.05) is 6.61 Å². The molecule has 6 heteroatoms. The molecule has 1 aliphatic rings. The van der Waals surface area contributed by atoms with Gasteiger partial charge in [-0.05, 0) is 18.2 Å². The Labute approximate surface area is 128 Å². The first-order valence-electron chi connectivity index (χ1n) is 6.85. The van der Waals surface area contributed by atoms with E-state index in [1.54, 1.807) is 18.3 Å². The Morgan fingerprint density at radius 3 is 2.82 bits per heavy atom. The first-order chi connectivity index (χ1) is 10.7. The number of benzene rings is 2. The van der Waals surface area contributed by atoms with Gasteiger partial charge in [-0.1, -0.05) is 24.3 Å². The van der Waals surface area contributed by atoms with Crippen LogP contribution in [0, 0.1) is 5.82 Å². The number of hydrogen-bond donors (Lipinski definition) is 1. The average molecular weight is 316 g/mol. The van der Waals surface area contributed by atoms with Crippen molar-refractivity contribution in [3.05, 3.63) is 54.5 Å². The van der Waals surface area contributed by atoms with Crippen LogP contribution in [0.1, 0.15) is 6.17 Å². The van der Waals surface area contributed by atoms with E-state index in [1.165, 1.54) is 12.1 Å². The van der Waals surface area contributed by atoms with Crippen LogP contribution >= 0.6 is 0 Å². The van der Waals surface area contributed by atoms with E-state index in [-0.39, 0.29) is 11.1 Å². The van der Waals surface area contributed by atoms with Gasteiger partial charge in [-0.2, -0.15) is 0 Å². The van der Waals surface area contributed by atoms with Crippen molar-refractivity contribution >= 4 is 21.7 Å².